The van der Waals surface area contributed by atoms with Crippen molar-refractivity contribution in [2.24, 2.45) is 0 Å². The molecule has 0 bridgehead atoms. The minimum absolute atomic E-state index is 0.0846. The Hall–Kier alpha value is -2.96. The normalized spacial score (nSPS) is 10.7. The Kier molecular flexibility index (Phi) is 2.79. The summed E-state index contributed by atoms with van der Waals surface area (Å²) >= 11 is 0. The molecule has 0 saturated carbocycles. The lowest BCUT2D eigenvalue weighted by Crippen LogP contribution is -2.16. The Balaban J connectivity index is 1.89. The molecule has 0 radical (unpaired) electrons. The molecule has 0 aliphatic carbocycles. The van der Waals surface area contributed by atoms with E-state index >= 15 is 0 Å². The number of aromatic nitrogens is 3. The highest BCUT2D eigenvalue weighted by Crippen LogP contribution is 2.20. The van der Waals surface area contributed by atoms with Crippen LogP contribution >= 0.6 is 0 Å². The number of oxazole rings is 1. The van der Waals surface area contributed by atoms with E-state index in [0.717, 1.165) is 5.52 Å². The lowest BCUT2D eigenvalue weighted by molar-refractivity contribution is 0.102. The van der Waals surface area contributed by atoms with E-state index in [0.29, 0.717) is 17.2 Å². The first-order valence-corrected chi connectivity index (χ1v) is 5.88. The summed E-state index contributed by atoms with van der Waals surface area (Å²) in [5.74, 6) is 0.231. The third-order valence-electron chi connectivity index (χ3n) is 2.69. The molecule has 3 aromatic rings. The zero-order chi connectivity index (χ0) is 14.1. The quantitative estimate of drug-likeness (QED) is 0.734. The van der Waals surface area contributed by atoms with E-state index in [1.165, 1.54) is 12.4 Å². The molecule has 0 unspecified atom stereocenters. The molecule has 3 rings (SSSR count). The number of hydrogen-bond acceptors (Lipinski definition) is 6. The van der Waals surface area contributed by atoms with Crippen LogP contribution in [-0.2, 0) is 0 Å². The van der Waals surface area contributed by atoms with E-state index in [9.17, 15) is 4.79 Å². The summed E-state index contributed by atoms with van der Waals surface area (Å²) in [7, 11) is 0. The van der Waals surface area contributed by atoms with Crippen molar-refractivity contribution in [2.75, 3.05) is 11.1 Å². The maximum absolute atomic E-state index is 12.0. The molecule has 20 heavy (non-hydrogen) atoms. The highest BCUT2D eigenvalue weighted by Gasteiger charge is 2.13. The first-order chi connectivity index (χ1) is 9.63. The molecule has 0 fully saturated rings. The van der Waals surface area contributed by atoms with Gasteiger partial charge in [-0.05, 0) is 12.1 Å². The number of nitrogen functional groups attached to an aromatic ring is 1. The first kappa shape index (κ1) is 12.1. The summed E-state index contributed by atoms with van der Waals surface area (Å²) < 4.78 is 5.40. The second kappa shape index (κ2) is 4.61. The van der Waals surface area contributed by atoms with Crippen LogP contribution in [0.1, 0.15) is 16.4 Å². The van der Waals surface area contributed by atoms with Crippen LogP contribution in [0, 0.1) is 6.92 Å². The van der Waals surface area contributed by atoms with Crippen LogP contribution in [0.3, 0.4) is 0 Å². The highest BCUT2D eigenvalue weighted by atomic mass is 16.3. The molecular formula is C13H11N5O2. The summed E-state index contributed by atoms with van der Waals surface area (Å²) in [4.78, 5) is 23.9. The molecule has 2 aromatic heterocycles. The van der Waals surface area contributed by atoms with E-state index in [-0.39, 0.29) is 11.5 Å². The average molecular weight is 269 g/mol. The number of benzene rings is 1. The van der Waals surface area contributed by atoms with Crippen molar-refractivity contribution in [2.45, 2.75) is 6.92 Å². The third kappa shape index (κ3) is 2.16. The number of nitrogens with two attached hydrogens (primary N) is 1. The molecule has 0 saturated heterocycles. The largest absolute Gasteiger partial charge is 0.441 e. The van der Waals surface area contributed by atoms with Crippen molar-refractivity contribution in [1.29, 1.82) is 0 Å². The number of anilines is 2. The lowest BCUT2D eigenvalue weighted by Gasteiger charge is -2.05. The van der Waals surface area contributed by atoms with Crippen LogP contribution in [0.4, 0.5) is 11.5 Å². The van der Waals surface area contributed by atoms with Gasteiger partial charge in [-0.1, -0.05) is 0 Å². The predicted molar refractivity (Wildman–Crippen MR) is 73.1 cm³/mol. The molecule has 7 nitrogen and oxygen atoms in total. The minimum atomic E-state index is -0.425. The summed E-state index contributed by atoms with van der Waals surface area (Å²) in [6.07, 6.45) is 2.84. The molecule has 0 spiro atoms. The Morgan fingerprint density at radius 2 is 2.10 bits per heavy atom. The van der Waals surface area contributed by atoms with Gasteiger partial charge in [0.15, 0.2) is 23.0 Å². The average Bonchev–Trinajstić information content (AvgIpc) is 2.78. The zero-order valence-corrected chi connectivity index (χ0v) is 10.6. The molecule has 0 aliphatic heterocycles. The predicted octanol–water partition coefficient (Wildman–Crippen LogP) is 1.76. The standard InChI is InChI=1S/C13H11N5O2/c1-7-17-9-3-2-8(6-10(9)20-7)18-13(19)11-12(14)16-5-4-15-11/h2-6H,1H3,(H2,14,16)(H,18,19). The molecule has 100 valence electrons. The summed E-state index contributed by atoms with van der Waals surface area (Å²) in [5, 5.41) is 2.69. The fourth-order valence-corrected chi connectivity index (χ4v) is 1.83. The smallest absolute Gasteiger partial charge is 0.278 e. The summed E-state index contributed by atoms with van der Waals surface area (Å²) in [5.41, 5.74) is 7.60. The van der Waals surface area contributed by atoms with Crippen LogP contribution in [0.25, 0.3) is 11.1 Å². The second-order valence-electron chi connectivity index (χ2n) is 4.16. The number of amides is 1. The van der Waals surface area contributed by atoms with Gasteiger partial charge in [0.1, 0.15) is 5.52 Å². The Morgan fingerprint density at radius 1 is 1.30 bits per heavy atom. The lowest BCUT2D eigenvalue weighted by atomic mass is 10.2. The number of rotatable bonds is 2. The maximum atomic E-state index is 12.0. The van der Waals surface area contributed by atoms with Crippen molar-refractivity contribution >= 4 is 28.5 Å². The maximum Gasteiger partial charge on any atom is 0.278 e. The number of carbonyl (C=O) groups excluding carboxylic acids is 1. The molecule has 1 aromatic carbocycles. The van der Waals surface area contributed by atoms with Gasteiger partial charge in [0.25, 0.3) is 5.91 Å². The molecule has 7 heteroatoms. The van der Waals surface area contributed by atoms with Crippen LogP contribution in [-0.4, -0.2) is 20.9 Å². The molecular weight excluding hydrogens is 258 g/mol. The van der Waals surface area contributed by atoms with Gasteiger partial charge in [-0.15, -0.1) is 0 Å². The summed E-state index contributed by atoms with van der Waals surface area (Å²) in [6.45, 7) is 1.76. The monoisotopic (exact) mass is 269 g/mol. The van der Waals surface area contributed by atoms with E-state index in [1.807, 2.05) is 0 Å². The molecule has 0 aliphatic rings. The van der Waals surface area contributed by atoms with E-state index < -0.39 is 5.91 Å². The Morgan fingerprint density at radius 3 is 2.90 bits per heavy atom. The van der Waals surface area contributed by atoms with Gasteiger partial charge < -0.3 is 15.5 Å². The van der Waals surface area contributed by atoms with Crippen molar-refractivity contribution in [3.63, 3.8) is 0 Å². The zero-order valence-electron chi connectivity index (χ0n) is 10.6. The van der Waals surface area contributed by atoms with Crippen LogP contribution in [0.2, 0.25) is 0 Å². The van der Waals surface area contributed by atoms with Crippen molar-refractivity contribution in [3.05, 3.63) is 42.2 Å². The van der Waals surface area contributed by atoms with Gasteiger partial charge >= 0.3 is 0 Å². The number of fused-ring (bicyclic) bond motifs is 1. The number of aryl methyl sites for hydroxylation is 1. The van der Waals surface area contributed by atoms with Crippen molar-refractivity contribution < 1.29 is 9.21 Å². The number of nitrogens with zero attached hydrogens (tertiary/aromatic N) is 3. The molecule has 3 N–H and O–H groups in total. The molecule has 2 heterocycles. The fourth-order valence-electron chi connectivity index (χ4n) is 1.83. The number of hydrogen-bond donors (Lipinski definition) is 2. The van der Waals surface area contributed by atoms with Gasteiger partial charge in [0, 0.05) is 31.1 Å². The van der Waals surface area contributed by atoms with Crippen molar-refractivity contribution in [3.8, 4) is 0 Å². The van der Waals surface area contributed by atoms with E-state index in [2.05, 4.69) is 20.3 Å². The number of nitrogens with one attached hydrogen (secondary N) is 1. The number of carbonyl (C=O) groups is 1. The third-order valence-corrected chi connectivity index (χ3v) is 2.69. The molecule has 1 amide bonds. The van der Waals surface area contributed by atoms with Gasteiger partial charge in [-0.2, -0.15) is 0 Å². The fraction of sp³-hybridized carbons (Fsp3) is 0.0769. The van der Waals surface area contributed by atoms with Gasteiger partial charge in [0.05, 0.1) is 0 Å². The first-order valence-electron chi connectivity index (χ1n) is 5.88. The Labute approximate surface area is 113 Å². The SMILES string of the molecule is Cc1nc2ccc(NC(=O)c3nccnc3N)cc2o1. The van der Waals surface area contributed by atoms with Crippen LogP contribution in [0.15, 0.2) is 35.0 Å². The van der Waals surface area contributed by atoms with Crippen LogP contribution < -0.4 is 11.1 Å². The van der Waals surface area contributed by atoms with E-state index in [1.54, 1.807) is 25.1 Å². The van der Waals surface area contributed by atoms with Gasteiger partial charge in [-0.25, -0.2) is 15.0 Å². The van der Waals surface area contributed by atoms with Gasteiger partial charge in [0.2, 0.25) is 0 Å². The topological polar surface area (TPSA) is 107 Å². The second-order valence-corrected chi connectivity index (χ2v) is 4.16. The van der Waals surface area contributed by atoms with Crippen LogP contribution in [0.5, 0.6) is 0 Å². The minimum Gasteiger partial charge on any atom is -0.441 e. The van der Waals surface area contributed by atoms with Crippen molar-refractivity contribution in [1.82, 2.24) is 15.0 Å². The highest BCUT2D eigenvalue weighted by molar-refractivity contribution is 6.06. The summed E-state index contributed by atoms with van der Waals surface area (Å²) in [6, 6.07) is 5.19. The van der Waals surface area contributed by atoms with E-state index in [4.69, 9.17) is 10.2 Å². The van der Waals surface area contributed by atoms with Gasteiger partial charge in [-0.3, -0.25) is 4.79 Å². The Bertz CT molecular complexity index is 796. The molecule has 0 atom stereocenters.